The van der Waals surface area contributed by atoms with Crippen LogP contribution in [0.5, 0.6) is 0 Å². The largest absolute Gasteiger partial charge is 0.367 e. The standard InChI is InChI=1S/C20H16Cl2N4O/c21-14-2-3-15-16(12-24-18(15)10-14)20(27)26-7-5-25(6-8-26)19-4-1-13(11-23)9-17(19)22/h1-4,9-10,12,24H,5-8H2. The third-order valence-corrected chi connectivity index (χ3v) is 5.40. The Labute approximate surface area is 166 Å². The predicted molar refractivity (Wildman–Crippen MR) is 108 cm³/mol. The van der Waals surface area contributed by atoms with Crippen LogP contribution in [0.4, 0.5) is 5.69 Å². The van der Waals surface area contributed by atoms with Crippen molar-refractivity contribution in [3.05, 3.63) is 63.8 Å². The number of nitrogens with zero attached hydrogens (tertiary/aromatic N) is 3. The van der Waals surface area contributed by atoms with Crippen LogP contribution < -0.4 is 4.90 Å². The van der Waals surface area contributed by atoms with E-state index < -0.39 is 0 Å². The van der Waals surface area contributed by atoms with E-state index in [0.717, 1.165) is 16.6 Å². The molecular formula is C20H16Cl2N4O. The highest BCUT2D eigenvalue weighted by Crippen LogP contribution is 2.28. The number of carbonyl (C=O) groups is 1. The van der Waals surface area contributed by atoms with Gasteiger partial charge in [0.05, 0.1) is 27.9 Å². The van der Waals surface area contributed by atoms with Crippen molar-refractivity contribution in [2.45, 2.75) is 0 Å². The summed E-state index contributed by atoms with van der Waals surface area (Å²) in [6.45, 7) is 2.59. The number of aromatic amines is 1. The number of H-pyrrole nitrogens is 1. The molecule has 0 atom stereocenters. The summed E-state index contributed by atoms with van der Waals surface area (Å²) < 4.78 is 0. The number of nitriles is 1. The number of amides is 1. The van der Waals surface area contributed by atoms with Crippen molar-refractivity contribution in [3.8, 4) is 6.07 Å². The van der Waals surface area contributed by atoms with Gasteiger partial charge in [0.1, 0.15) is 0 Å². The van der Waals surface area contributed by atoms with Gasteiger partial charge in [0.15, 0.2) is 0 Å². The van der Waals surface area contributed by atoms with Gasteiger partial charge in [-0.25, -0.2) is 0 Å². The van der Waals surface area contributed by atoms with Crippen molar-refractivity contribution in [1.82, 2.24) is 9.88 Å². The summed E-state index contributed by atoms with van der Waals surface area (Å²) in [4.78, 5) is 20.1. The Morgan fingerprint density at radius 2 is 1.85 bits per heavy atom. The molecule has 0 radical (unpaired) electrons. The average molecular weight is 399 g/mol. The molecule has 1 fully saturated rings. The first kappa shape index (κ1) is 17.7. The van der Waals surface area contributed by atoms with Gasteiger partial charge in [0.25, 0.3) is 5.91 Å². The highest BCUT2D eigenvalue weighted by molar-refractivity contribution is 6.33. The second-order valence-corrected chi connectivity index (χ2v) is 7.29. The van der Waals surface area contributed by atoms with E-state index in [1.54, 1.807) is 24.4 Å². The molecule has 0 bridgehead atoms. The number of fused-ring (bicyclic) bond motifs is 1. The summed E-state index contributed by atoms with van der Waals surface area (Å²) in [6, 6.07) is 12.9. The monoisotopic (exact) mass is 398 g/mol. The molecule has 3 aromatic rings. The summed E-state index contributed by atoms with van der Waals surface area (Å²) in [5.74, 6) is 0.00847. The molecule has 0 spiro atoms. The minimum Gasteiger partial charge on any atom is -0.367 e. The van der Waals surface area contributed by atoms with E-state index in [0.29, 0.717) is 47.4 Å². The molecule has 0 aliphatic carbocycles. The van der Waals surface area contributed by atoms with Gasteiger partial charge in [-0.2, -0.15) is 5.26 Å². The van der Waals surface area contributed by atoms with E-state index in [1.807, 2.05) is 23.1 Å². The van der Waals surface area contributed by atoms with Crippen molar-refractivity contribution in [2.75, 3.05) is 31.1 Å². The van der Waals surface area contributed by atoms with Gasteiger partial charge in [-0.05, 0) is 30.3 Å². The van der Waals surface area contributed by atoms with Gasteiger partial charge in [-0.3, -0.25) is 4.79 Å². The number of nitrogens with one attached hydrogen (secondary N) is 1. The molecular weight excluding hydrogens is 383 g/mol. The summed E-state index contributed by atoms with van der Waals surface area (Å²) in [5.41, 5.74) is 2.95. The zero-order chi connectivity index (χ0) is 19.0. The number of piperazine rings is 1. The van der Waals surface area contributed by atoms with Gasteiger partial charge < -0.3 is 14.8 Å². The van der Waals surface area contributed by atoms with Crippen molar-refractivity contribution in [1.29, 1.82) is 5.26 Å². The van der Waals surface area contributed by atoms with E-state index >= 15 is 0 Å². The van der Waals surface area contributed by atoms with Gasteiger partial charge in [-0.15, -0.1) is 0 Å². The summed E-state index contributed by atoms with van der Waals surface area (Å²) in [6.07, 6.45) is 1.74. The number of anilines is 1. The summed E-state index contributed by atoms with van der Waals surface area (Å²) >= 11 is 12.3. The molecule has 27 heavy (non-hydrogen) atoms. The molecule has 2 heterocycles. The van der Waals surface area contributed by atoms with Crippen molar-refractivity contribution in [3.63, 3.8) is 0 Å². The molecule has 1 N–H and O–H groups in total. The predicted octanol–water partition coefficient (Wildman–Crippen LogP) is 4.31. The number of halogens is 2. The molecule has 4 rings (SSSR count). The van der Waals surface area contributed by atoms with Crippen LogP contribution in [0.2, 0.25) is 10.0 Å². The molecule has 5 nitrogen and oxygen atoms in total. The van der Waals surface area contributed by atoms with Crippen molar-refractivity contribution in [2.24, 2.45) is 0 Å². The van der Waals surface area contributed by atoms with Crippen LogP contribution >= 0.6 is 23.2 Å². The third kappa shape index (κ3) is 3.34. The van der Waals surface area contributed by atoms with E-state index in [1.165, 1.54) is 0 Å². The topological polar surface area (TPSA) is 63.1 Å². The summed E-state index contributed by atoms with van der Waals surface area (Å²) in [5, 5.41) is 11.0. The smallest absolute Gasteiger partial charge is 0.256 e. The Morgan fingerprint density at radius 3 is 2.56 bits per heavy atom. The van der Waals surface area contributed by atoms with Crippen LogP contribution in [0.3, 0.4) is 0 Å². The Hall–Kier alpha value is -2.68. The first-order valence-electron chi connectivity index (χ1n) is 8.57. The van der Waals surface area contributed by atoms with Crippen LogP contribution in [0, 0.1) is 11.3 Å². The lowest BCUT2D eigenvalue weighted by Crippen LogP contribution is -2.48. The maximum absolute atomic E-state index is 12.9. The Morgan fingerprint density at radius 1 is 1.07 bits per heavy atom. The van der Waals surface area contributed by atoms with Crippen molar-refractivity contribution < 1.29 is 4.79 Å². The van der Waals surface area contributed by atoms with E-state index in [2.05, 4.69) is 16.0 Å². The number of benzene rings is 2. The second kappa shape index (κ2) is 7.15. The van der Waals surface area contributed by atoms with Gasteiger partial charge >= 0.3 is 0 Å². The molecule has 1 aromatic heterocycles. The van der Waals surface area contributed by atoms with E-state index in [4.69, 9.17) is 28.5 Å². The number of hydrogen-bond acceptors (Lipinski definition) is 3. The summed E-state index contributed by atoms with van der Waals surface area (Å²) in [7, 11) is 0. The molecule has 7 heteroatoms. The maximum atomic E-state index is 12.9. The Bertz CT molecular complexity index is 1060. The lowest BCUT2D eigenvalue weighted by atomic mass is 10.1. The lowest BCUT2D eigenvalue weighted by molar-refractivity contribution is 0.0749. The van der Waals surface area contributed by atoms with E-state index in [-0.39, 0.29) is 5.91 Å². The third-order valence-electron chi connectivity index (χ3n) is 4.86. The number of carbonyl (C=O) groups excluding carboxylic acids is 1. The van der Waals surface area contributed by atoms with Crippen LogP contribution in [0.25, 0.3) is 10.9 Å². The minimum atomic E-state index is 0.00847. The lowest BCUT2D eigenvalue weighted by Gasteiger charge is -2.36. The quantitative estimate of drug-likeness (QED) is 0.699. The van der Waals surface area contributed by atoms with Gasteiger partial charge in [0.2, 0.25) is 0 Å². The Kier molecular flexibility index (Phi) is 4.69. The van der Waals surface area contributed by atoms with Crippen LogP contribution in [0.15, 0.2) is 42.6 Å². The first-order valence-corrected chi connectivity index (χ1v) is 9.33. The van der Waals surface area contributed by atoms with Gasteiger partial charge in [0, 0.05) is 48.3 Å². The van der Waals surface area contributed by atoms with Crippen LogP contribution in [0.1, 0.15) is 15.9 Å². The molecule has 1 aliphatic heterocycles. The first-order chi connectivity index (χ1) is 13.1. The number of aromatic nitrogens is 1. The fourth-order valence-corrected chi connectivity index (χ4v) is 3.90. The highest BCUT2D eigenvalue weighted by atomic mass is 35.5. The Balaban J connectivity index is 1.49. The molecule has 1 saturated heterocycles. The van der Waals surface area contributed by atoms with Gasteiger partial charge in [-0.1, -0.05) is 29.3 Å². The zero-order valence-electron chi connectivity index (χ0n) is 14.4. The second-order valence-electron chi connectivity index (χ2n) is 6.45. The van der Waals surface area contributed by atoms with Crippen molar-refractivity contribution >= 4 is 45.7 Å². The molecule has 2 aromatic carbocycles. The fraction of sp³-hybridized carbons (Fsp3) is 0.200. The normalized spacial score (nSPS) is 14.4. The molecule has 1 amide bonds. The number of hydrogen-bond donors (Lipinski definition) is 1. The molecule has 0 saturated carbocycles. The fourth-order valence-electron chi connectivity index (χ4n) is 3.43. The minimum absolute atomic E-state index is 0.00847. The SMILES string of the molecule is N#Cc1ccc(N2CCN(C(=O)c3c[nH]c4cc(Cl)ccc34)CC2)c(Cl)c1. The van der Waals surface area contributed by atoms with Crippen LogP contribution in [-0.2, 0) is 0 Å². The zero-order valence-corrected chi connectivity index (χ0v) is 15.9. The average Bonchev–Trinajstić information content (AvgIpc) is 3.10. The molecule has 1 aliphatic rings. The van der Waals surface area contributed by atoms with E-state index in [9.17, 15) is 4.79 Å². The highest BCUT2D eigenvalue weighted by Gasteiger charge is 2.25. The molecule has 136 valence electrons. The maximum Gasteiger partial charge on any atom is 0.256 e. The van der Waals surface area contributed by atoms with Crippen LogP contribution in [-0.4, -0.2) is 42.0 Å². The molecule has 0 unspecified atom stereocenters. The number of rotatable bonds is 2.